The number of H-pyrrole nitrogens is 1. The minimum atomic E-state index is -0.995. The highest BCUT2D eigenvalue weighted by molar-refractivity contribution is 5.96. The van der Waals surface area contributed by atoms with Crippen molar-refractivity contribution < 1.29 is 14.6 Å². The van der Waals surface area contributed by atoms with Crippen molar-refractivity contribution in [1.29, 1.82) is 5.26 Å². The lowest BCUT2D eigenvalue weighted by Gasteiger charge is -2.33. The van der Waals surface area contributed by atoms with Crippen LogP contribution in [0.1, 0.15) is 25.3 Å². The molecule has 1 aliphatic heterocycles. The van der Waals surface area contributed by atoms with Crippen LogP contribution in [-0.4, -0.2) is 61.0 Å². The van der Waals surface area contributed by atoms with Gasteiger partial charge in [-0.05, 0) is 30.7 Å². The van der Waals surface area contributed by atoms with Crippen molar-refractivity contribution in [3.63, 3.8) is 0 Å². The fourth-order valence-electron chi connectivity index (χ4n) is 4.50. The van der Waals surface area contributed by atoms with Gasteiger partial charge in [0.1, 0.15) is 29.7 Å². The topological polar surface area (TPSA) is 120 Å². The Balaban J connectivity index is 1.37. The number of nitriles is 1. The van der Waals surface area contributed by atoms with Crippen molar-refractivity contribution >= 4 is 16.9 Å². The molecular formula is C26H26N6O3. The number of aromatic amines is 1. The summed E-state index contributed by atoms with van der Waals surface area (Å²) in [4.78, 5) is 21.4. The van der Waals surface area contributed by atoms with Gasteiger partial charge in [0.2, 0.25) is 0 Å². The number of ether oxygens (including phenoxy) is 1. The molecule has 4 aromatic rings. The molecule has 0 unspecified atom stereocenters. The third-order valence-electron chi connectivity index (χ3n) is 6.39. The monoisotopic (exact) mass is 470 g/mol. The zero-order chi connectivity index (χ0) is 24.5. The summed E-state index contributed by atoms with van der Waals surface area (Å²) in [6.07, 6.45) is 7.68. The Morgan fingerprint density at radius 3 is 2.71 bits per heavy atom. The first-order chi connectivity index (χ1) is 16.9. The SMILES string of the molecule is C[C@H](O)C(=O)N1CCC(Oc2ccc(-c3c[nH]c4ncc(-c5cnn(C)c5)cc34)cc2C#N)CC1. The highest BCUT2D eigenvalue weighted by Gasteiger charge is 2.26. The number of pyridine rings is 1. The average molecular weight is 471 g/mol. The molecule has 1 atom stereocenters. The van der Waals surface area contributed by atoms with E-state index >= 15 is 0 Å². The maximum absolute atomic E-state index is 12.0. The predicted octanol–water partition coefficient (Wildman–Crippen LogP) is 3.25. The zero-order valence-electron chi connectivity index (χ0n) is 19.6. The van der Waals surface area contributed by atoms with Gasteiger partial charge >= 0.3 is 0 Å². The average Bonchev–Trinajstić information content (AvgIpc) is 3.50. The van der Waals surface area contributed by atoms with Crippen LogP contribution in [-0.2, 0) is 11.8 Å². The van der Waals surface area contributed by atoms with Crippen LogP contribution in [0.25, 0.3) is 33.3 Å². The molecule has 1 amide bonds. The molecule has 1 saturated heterocycles. The molecule has 0 radical (unpaired) electrons. The molecule has 2 N–H and O–H groups in total. The quantitative estimate of drug-likeness (QED) is 0.462. The minimum Gasteiger partial charge on any atom is -0.489 e. The predicted molar refractivity (Wildman–Crippen MR) is 130 cm³/mol. The number of hydrogen-bond donors (Lipinski definition) is 2. The number of nitrogens with one attached hydrogen (secondary N) is 1. The van der Waals surface area contributed by atoms with Crippen molar-refractivity contribution in [3.05, 3.63) is 54.6 Å². The Labute approximate surface area is 202 Å². The van der Waals surface area contributed by atoms with Gasteiger partial charge in [-0.3, -0.25) is 9.48 Å². The van der Waals surface area contributed by atoms with Crippen LogP contribution in [0.2, 0.25) is 0 Å². The van der Waals surface area contributed by atoms with Crippen LogP contribution in [0, 0.1) is 11.3 Å². The first kappa shape index (κ1) is 22.6. The Kier molecular flexibility index (Phi) is 5.97. The molecule has 3 aromatic heterocycles. The van der Waals surface area contributed by atoms with Gasteiger partial charge in [-0.15, -0.1) is 0 Å². The lowest BCUT2D eigenvalue weighted by molar-refractivity contribution is -0.141. The number of carbonyl (C=O) groups excluding carboxylic acids is 1. The van der Waals surface area contributed by atoms with E-state index in [0.717, 1.165) is 33.3 Å². The Morgan fingerprint density at radius 2 is 2.03 bits per heavy atom. The minimum absolute atomic E-state index is 0.0923. The molecule has 4 heterocycles. The van der Waals surface area contributed by atoms with E-state index in [1.807, 2.05) is 43.8 Å². The number of amides is 1. The number of aliphatic hydroxyl groups excluding tert-OH is 1. The van der Waals surface area contributed by atoms with Gasteiger partial charge in [0.25, 0.3) is 5.91 Å². The number of carbonyl (C=O) groups is 1. The van der Waals surface area contributed by atoms with E-state index in [0.29, 0.717) is 37.2 Å². The van der Waals surface area contributed by atoms with E-state index in [1.54, 1.807) is 15.8 Å². The summed E-state index contributed by atoms with van der Waals surface area (Å²) in [6, 6.07) is 9.94. The molecule has 1 fully saturated rings. The van der Waals surface area contributed by atoms with Gasteiger partial charge in [-0.1, -0.05) is 6.07 Å². The molecule has 0 saturated carbocycles. The second-order valence-electron chi connectivity index (χ2n) is 8.87. The Bertz CT molecular complexity index is 1420. The van der Waals surface area contributed by atoms with Crippen LogP contribution < -0.4 is 4.74 Å². The maximum Gasteiger partial charge on any atom is 0.251 e. The third kappa shape index (κ3) is 4.48. The van der Waals surface area contributed by atoms with Crippen LogP contribution in [0.5, 0.6) is 5.75 Å². The van der Waals surface area contributed by atoms with Gasteiger partial charge in [0.05, 0.1) is 11.8 Å². The Hall–Kier alpha value is -4.16. The highest BCUT2D eigenvalue weighted by Crippen LogP contribution is 2.34. The fourth-order valence-corrected chi connectivity index (χ4v) is 4.50. The van der Waals surface area contributed by atoms with Crippen molar-refractivity contribution in [2.75, 3.05) is 13.1 Å². The molecule has 1 aliphatic rings. The van der Waals surface area contributed by atoms with Crippen molar-refractivity contribution in [2.45, 2.75) is 32.0 Å². The summed E-state index contributed by atoms with van der Waals surface area (Å²) < 4.78 is 7.91. The number of benzene rings is 1. The van der Waals surface area contributed by atoms with Gasteiger partial charge in [0, 0.05) is 73.6 Å². The number of hydrogen-bond acceptors (Lipinski definition) is 6. The van der Waals surface area contributed by atoms with Gasteiger partial charge < -0.3 is 19.7 Å². The number of aryl methyl sites for hydroxylation is 1. The fraction of sp³-hybridized carbons (Fsp3) is 0.308. The summed E-state index contributed by atoms with van der Waals surface area (Å²) >= 11 is 0. The van der Waals surface area contributed by atoms with Gasteiger partial charge in [-0.2, -0.15) is 10.4 Å². The molecule has 1 aromatic carbocycles. The van der Waals surface area contributed by atoms with Crippen LogP contribution in [0.4, 0.5) is 0 Å². The number of rotatable bonds is 5. The molecule has 178 valence electrons. The molecule has 9 nitrogen and oxygen atoms in total. The molecule has 0 spiro atoms. The lowest BCUT2D eigenvalue weighted by Crippen LogP contribution is -2.45. The number of fused-ring (bicyclic) bond motifs is 1. The number of aromatic nitrogens is 4. The number of piperidine rings is 1. The van der Waals surface area contributed by atoms with E-state index in [9.17, 15) is 15.2 Å². The summed E-state index contributed by atoms with van der Waals surface area (Å²) in [5.41, 5.74) is 5.01. The summed E-state index contributed by atoms with van der Waals surface area (Å²) in [7, 11) is 1.88. The van der Waals surface area contributed by atoms with Crippen molar-refractivity contribution in [3.8, 4) is 34.1 Å². The first-order valence-electron chi connectivity index (χ1n) is 11.6. The van der Waals surface area contributed by atoms with Gasteiger partial charge in [0.15, 0.2) is 0 Å². The maximum atomic E-state index is 12.0. The highest BCUT2D eigenvalue weighted by atomic mass is 16.5. The standard InChI is InChI=1S/C26H26N6O3/c1-16(33)26(34)32-7-5-21(6-8-32)35-24-4-3-17(9-18(24)11-27)23-14-29-25-22(23)10-19(12-28-25)20-13-30-31(2)15-20/h3-4,9-10,12-16,21,33H,5-8H2,1-2H3,(H,28,29)/t16-/m0/s1. The Morgan fingerprint density at radius 1 is 1.23 bits per heavy atom. The molecule has 9 heteroatoms. The first-order valence-corrected chi connectivity index (χ1v) is 11.6. The number of nitrogens with zero attached hydrogens (tertiary/aromatic N) is 5. The van der Waals surface area contributed by atoms with E-state index in [-0.39, 0.29) is 12.0 Å². The van der Waals surface area contributed by atoms with Crippen molar-refractivity contribution in [1.82, 2.24) is 24.6 Å². The van der Waals surface area contributed by atoms with E-state index in [2.05, 4.69) is 27.2 Å². The second kappa shape index (κ2) is 9.24. The summed E-state index contributed by atoms with van der Waals surface area (Å²) in [5.74, 6) is 0.274. The normalized spacial score (nSPS) is 15.2. The van der Waals surface area contributed by atoms with Crippen LogP contribution >= 0.6 is 0 Å². The van der Waals surface area contributed by atoms with Crippen LogP contribution in [0.15, 0.2) is 49.1 Å². The molecule has 0 aliphatic carbocycles. The smallest absolute Gasteiger partial charge is 0.251 e. The van der Waals surface area contributed by atoms with E-state index < -0.39 is 6.10 Å². The van der Waals surface area contributed by atoms with Crippen molar-refractivity contribution in [2.24, 2.45) is 7.05 Å². The van der Waals surface area contributed by atoms with E-state index in [1.165, 1.54) is 6.92 Å². The molecule has 35 heavy (non-hydrogen) atoms. The van der Waals surface area contributed by atoms with E-state index in [4.69, 9.17) is 4.74 Å². The number of likely N-dealkylation sites (tertiary alicyclic amines) is 1. The lowest BCUT2D eigenvalue weighted by atomic mass is 10.0. The zero-order valence-corrected chi connectivity index (χ0v) is 19.6. The molecule has 0 bridgehead atoms. The third-order valence-corrected chi connectivity index (χ3v) is 6.39. The number of aliphatic hydroxyl groups is 1. The van der Waals surface area contributed by atoms with Crippen LogP contribution in [0.3, 0.4) is 0 Å². The summed E-state index contributed by atoms with van der Waals surface area (Å²) in [6.45, 7) is 2.53. The van der Waals surface area contributed by atoms with Gasteiger partial charge in [-0.25, -0.2) is 4.98 Å². The largest absolute Gasteiger partial charge is 0.489 e. The molecule has 5 rings (SSSR count). The second-order valence-corrected chi connectivity index (χ2v) is 8.87. The molecular weight excluding hydrogens is 444 g/mol. The summed E-state index contributed by atoms with van der Waals surface area (Å²) in [5, 5.41) is 24.5.